The van der Waals surface area contributed by atoms with E-state index in [0.717, 1.165) is 32.5 Å². The number of rotatable bonds is 8. The van der Waals surface area contributed by atoms with Crippen molar-refractivity contribution in [3.8, 4) is 11.3 Å². The third kappa shape index (κ3) is 4.80. The molecule has 1 aromatic carbocycles. The van der Waals surface area contributed by atoms with Crippen molar-refractivity contribution < 1.29 is 9.18 Å². The predicted octanol–water partition coefficient (Wildman–Crippen LogP) is 0.943. The Hall–Kier alpha value is -3.53. The van der Waals surface area contributed by atoms with E-state index in [4.69, 9.17) is 5.73 Å². The summed E-state index contributed by atoms with van der Waals surface area (Å²) < 4.78 is 15.0. The van der Waals surface area contributed by atoms with Crippen molar-refractivity contribution in [2.45, 2.75) is 12.8 Å². The predicted molar refractivity (Wildman–Crippen MR) is 115 cm³/mol. The number of nitrogens with two attached hydrogens (primary N) is 1. The molecule has 0 aliphatic rings. The summed E-state index contributed by atoms with van der Waals surface area (Å²) in [4.78, 5) is 38.6. The van der Waals surface area contributed by atoms with Gasteiger partial charge in [0.25, 0.3) is 5.56 Å². The van der Waals surface area contributed by atoms with Crippen LogP contribution in [-0.4, -0.2) is 50.2 Å². The van der Waals surface area contributed by atoms with E-state index in [2.05, 4.69) is 10.2 Å². The number of aryl methyl sites for hydroxylation is 1. The van der Waals surface area contributed by atoms with Gasteiger partial charge in [0.1, 0.15) is 17.2 Å². The Kier molecular flexibility index (Phi) is 6.50. The molecule has 3 N–H and O–H groups in total. The van der Waals surface area contributed by atoms with Crippen molar-refractivity contribution >= 4 is 11.6 Å². The van der Waals surface area contributed by atoms with Gasteiger partial charge in [0.2, 0.25) is 0 Å². The second-order valence-corrected chi connectivity index (χ2v) is 7.52. The van der Waals surface area contributed by atoms with Crippen LogP contribution >= 0.6 is 0 Å². The molecule has 0 spiro atoms. The third-order valence-corrected chi connectivity index (χ3v) is 5.16. The zero-order valence-corrected chi connectivity index (χ0v) is 17.7. The van der Waals surface area contributed by atoms with Crippen molar-refractivity contribution in [1.82, 2.24) is 24.2 Å². The summed E-state index contributed by atoms with van der Waals surface area (Å²) >= 11 is 0. The number of benzene rings is 1. The maximum Gasteiger partial charge on any atom is 0.332 e. The molecule has 0 atom stereocenters. The van der Waals surface area contributed by atoms with Gasteiger partial charge in [-0.3, -0.25) is 28.7 Å². The van der Waals surface area contributed by atoms with Crippen LogP contribution in [0.15, 0.2) is 39.9 Å². The number of nitrogen functional groups attached to an aromatic ring is 1. The van der Waals surface area contributed by atoms with Crippen molar-refractivity contribution in [2.75, 3.05) is 25.9 Å². The van der Waals surface area contributed by atoms with Crippen molar-refractivity contribution in [1.29, 1.82) is 0 Å². The van der Waals surface area contributed by atoms with Gasteiger partial charge in [0.15, 0.2) is 5.78 Å². The fourth-order valence-corrected chi connectivity index (χ4v) is 3.32. The Labute approximate surface area is 177 Å². The minimum Gasteiger partial charge on any atom is -0.384 e. The third-order valence-electron chi connectivity index (χ3n) is 5.16. The molecule has 3 aromatic rings. The molecular formula is C21H25FN6O3. The molecule has 2 aromatic heterocycles. The largest absolute Gasteiger partial charge is 0.384 e. The number of Topliss-reactive ketones (excluding diaryl/α,β-unsaturated/α-hetero) is 1. The van der Waals surface area contributed by atoms with Gasteiger partial charge in [-0.05, 0) is 56.8 Å². The first-order valence-corrected chi connectivity index (χ1v) is 9.76. The molecule has 0 unspecified atom stereocenters. The molecule has 0 aliphatic carbocycles. The van der Waals surface area contributed by atoms with Crippen LogP contribution in [0.5, 0.6) is 0 Å². The number of hydrogen-bond acceptors (Lipinski definition) is 6. The topological polar surface area (TPSA) is 119 Å². The van der Waals surface area contributed by atoms with E-state index in [-0.39, 0.29) is 23.7 Å². The molecule has 3 rings (SSSR count). The number of ketones is 1. The average Bonchev–Trinajstić information content (AvgIpc) is 3.20. The first-order valence-electron chi connectivity index (χ1n) is 9.76. The van der Waals surface area contributed by atoms with Crippen molar-refractivity contribution in [2.24, 2.45) is 14.1 Å². The van der Waals surface area contributed by atoms with Gasteiger partial charge in [-0.2, -0.15) is 5.10 Å². The number of likely N-dealkylation sites (N-methyl/N-ethyl adjacent to an activating group) is 1. The number of aromatic nitrogens is 4. The first kappa shape index (κ1) is 22.2. The van der Waals surface area contributed by atoms with Gasteiger partial charge in [-0.15, -0.1) is 0 Å². The van der Waals surface area contributed by atoms with Gasteiger partial charge >= 0.3 is 5.69 Å². The maximum absolute atomic E-state index is 13.1. The van der Waals surface area contributed by atoms with Gasteiger partial charge in [-0.1, -0.05) is 0 Å². The zero-order valence-electron chi connectivity index (χ0n) is 17.7. The Balaban J connectivity index is 1.57. The van der Waals surface area contributed by atoms with Gasteiger partial charge in [0.05, 0.1) is 12.2 Å². The Bertz CT molecular complexity index is 1210. The molecule has 0 radical (unpaired) electrons. The molecule has 0 amide bonds. The van der Waals surface area contributed by atoms with Crippen LogP contribution in [0.2, 0.25) is 0 Å². The van der Waals surface area contributed by atoms with E-state index >= 15 is 0 Å². The SMILES string of the molecule is CN(CCCc1cc(-c2ccc(F)cc2)n[nH]1)CC(=O)c1c(N)n(C)c(=O)n(C)c1=O. The normalized spacial score (nSPS) is 11.3. The van der Waals surface area contributed by atoms with E-state index in [1.54, 1.807) is 24.1 Å². The van der Waals surface area contributed by atoms with Crippen LogP contribution in [0.1, 0.15) is 22.5 Å². The monoisotopic (exact) mass is 428 g/mol. The fraction of sp³-hybridized carbons (Fsp3) is 0.333. The lowest BCUT2D eigenvalue weighted by atomic mass is 10.1. The van der Waals surface area contributed by atoms with Crippen molar-refractivity contribution in [3.63, 3.8) is 0 Å². The minimum absolute atomic E-state index is 0.00144. The Morgan fingerprint density at radius 3 is 2.55 bits per heavy atom. The van der Waals surface area contributed by atoms with Crippen LogP contribution in [-0.2, 0) is 20.5 Å². The molecular weight excluding hydrogens is 403 g/mol. The number of nitrogens with one attached hydrogen (secondary N) is 1. The summed E-state index contributed by atoms with van der Waals surface area (Å²) in [5.41, 5.74) is 6.89. The number of aromatic amines is 1. The summed E-state index contributed by atoms with van der Waals surface area (Å²) in [6, 6.07) is 8.03. The highest BCUT2D eigenvalue weighted by molar-refractivity contribution is 6.01. The van der Waals surface area contributed by atoms with E-state index in [9.17, 15) is 18.8 Å². The lowest BCUT2D eigenvalue weighted by molar-refractivity contribution is 0.0944. The second-order valence-electron chi connectivity index (χ2n) is 7.52. The van der Waals surface area contributed by atoms with E-state index in [1.165, 1.54) is 26.2 Å². The van der Waals surface area contributed by atoms with Crippen LogP contribution in [0.25, 0.3) is 11.3 Å². The molecule has 2 heterocycles. The summed E-state index contributed by atoms with van der Waals surface area (Å²) in [5.74, 6) is -0.858. The standard InChI is InChI=1S/C21H25FN6O3/c1-26(12-17(29)18-19(23)27(2)21(31)28(3)20(18)30)10-4-5-15-11-16(25-24-15)13-6-8-14(22)9-7-13/h6-9,11H,4-5,10,12,23H2,1-3H3,(H,24,25). The summed E-state index contributed by atoms with van der Waals surface area (Å²) in [5, 5.41) is 7.22. The van der Waals surface area contributed by atoms with E-state index in [0.29, 0.717) is 13.0 Å². The number of nitrogens with zero attached hydrogens (tertiary/aromatic N) is 4. The molecule has 0 fully saturated rings. The van der Waals surface area contributed by atoms with Gasteiger partial charge < -0.3 is 5.73 Å². The molecule has 0 saturated heterocycles. The number of halogens is 1. The molecule has 10 heteroatoms. The molecule has 0 bridgehead atoms. The van der Waals surface area contributed by atoms with Gasteiger partial charge in [-0.25, -0.2) is 9.18 Å². The number of H-pyrrole nitrogens is 1. The molecule has 0 aliphatic heterocycles. The summed E-state index contributed by atoms with van der Waals surface area (Å²) in [7, 11) is 4.51. The lowest BCUT2D eigenvalue weighted by Crippen LogP contribution is -2.43. The summed E-state index contributed by atoms with van der Waals surface area (Å²) in [6.07, 6.45) is 1.45. The Morgan fingerprint density at radius 1 is 1.19 bits per heavy atom. The fourth-order valence-electron chi connectivity index (χ4n) is 3.32. The summed E-state index contributed by atoms with van der Waals surface area (Å²) in [6.45, 7) is 0.601. The van der Waals surface area contributed by atoms with Crippen LogP contribution < -0.4 is 17.0 Å². The van der Waals surface area contributed by atoms with E-state index < -0.39 is 17.0 Å². The molecule has 9 nitrogen and oxygen atoms in total. The highest BCUT2D eigenvalue weighted by Crippen LogP contribution is 2.18. The molecule has 164 valence electrons. The average molecular weight is 428 g/mol. The van der Waals surface area contributed by atoms with Crippen LogP contribution in [0, 0.1) is 5.82 Å². The van der Waals surface area contributed by atoms with E-state index in [1.807, 2.05) is 6.07 Å². The number of anilines is 1. The Morgan fingerprint density at radius 2 is 1.87 bits per heavy atom. The minimum atomic E-state index is -0.690. The highest BCUT2D eigenvalue weighted by atomic mass is 19.1. The molecule has 31 heavy (non-hydrogen) atoms. The van der Waals surface area contributed by atoms with Crippen molar-refractivity contribution in [3.05, 3.63) is 68.2 Å². The second kappa shape index (κ2) is 9.09. The lowest BCUT2D eigenvalue weighted by Gasteiger charge is -2.17. The number of carbonyl (C=O) groups excluding carboxylic acids is 1. The first-order chi connectivity index (χ1) is 14.7. The van der Waals surface area contributed by atoms with Crippen LogP contribution in [0.4, 0.5) is 10.2 Å². The number of carbonyl (C=O) groups is 1. The van der Waals surface area contributed by atoms with Crippen LogP contribution in [0.3, 0.4) is 0 Å². The number of hydrogen-bond donors (Lipinski definition) is 2. The highest BCUT2D eigenvalue weighted by Gasteiger charge is 2.21. The quantitative estimate of drug-likeness (QED) is 0.516. The smallest absolute Gasteiger partial charge is 0.332 e. The van der Waals surface area contributed by atoms with Gasteiger partial charge in [0, 0.05) is 25.4 Å². The zero-order chi connectivity index (χ0) is 22.7. The molecule has 0 saturated carbocycles. The maximum atomic E-state index is 13.1.